The van der Waals surface area contributed by atoms with Crippen LogP contribution >= 0.6 is 7.82 Å². The Morgan fingerprint density at radius 1 is 0.382 bits per heavy atom. The first-order chi connectivity index (χ1) is 33.2. The maximum absolute atomic E-state index is 12.7. The fraction of sp³-hybridized carbons (Fsp3) is 0.965. The third-order valence-corrected chi connectivity index (χ3v) is 14.5. The maximum Gasteiger partial charge on any atom is 0.472 e. The smallest absolute Gasteiger partial charge is 0.462 e. The van der Waals surface area contributed by atoms with Crippen LogP contribution in [0.25, 0.3) is 0 Å². The van der Waals surface area contributed by atoms with Crippen molar-refractivity contribution in [2.75, 3.05) is 26.4 Å². The lowest BCUT2D eigenvalue weighted by Gasteiger charge is -2.20. The highest BCUT2D eigenvalue weighted by molar-refractivity contribution is 7.47. The lowest BCUT2D eigenvalue weighted by molar-refractivity contribution is -0.161. The minimum atomic E-state index is -4.62. The summed E-state index contributed by atoms with van der Waals surface area (Å²) in [6.07, 6.45) is 56.6. The van der Waals surface area contributed by atoms with E-state index in [4.69, 9.17) is 23.6 Å². The third-order valence-electron chi connectivity index (χ3n) is 13.5. The summed E-state index contributed by atoms with van der Waals surface area (Å²) in [6.45, 7) is 2.48. The van der Waals surface area contributed by atoms with Crippen LogP contribution in [0.3, 0.4) is 0 Å². The van der Waals surface area contributed by atoms with E-state index in [1.165, 1.54) is 244 Å². The molecule has 3 unspecified atom stereocenters. The van der Waals surface area contributed by atoms with Gasteiger partial charge in [-0.05, 0) is 12.8 Å². The van der Waals surface area contributed by atoms with Crippen molar-refractivity contribution in [3.05, 3.63) is 0 Å². The molecule has 0 rings (SSSR count). The highest BCUT2D eigenvalue weighted by atomic mass is 31.2. The fourth-order valence-electron chi connectivity index (χ4n) is 9.00. The van der Waals surface area contributed by atoms with E-state index in [9.17, 15) is 24.2 Å². The molecule has 0 aliphatic rings. The first-order valence-electron chi connectivity index (χ1n) is 29.5. The number of hydrogen-bond acceptors (Lipinski definition) is 9. The summed E-state index contributed by atoms with van der Waals surface area (Å²) >= 11 is 0. The molecule has 0 saturated carbocycles. The molecule has 0 aliphatic heterocycles. The molecular formula is C57H113O10P. The zero-order valence-electron chi connectivity index (χ0n) is 44.9. The minimum absolute atomic E-state index is 0.194. The summed E-state index contributed by atoms with van der Waals surface area (Å²) in [4.78, 5) is 35.3. The molecule has 0 spiro atoms. The number of rotatable bonds is 57. The lowest BCUT2D eigenvalue weighted by atomic mass is 10.0. The SMILES string of the molecule is CCCCCCCCCCCCCCCCCCCCCCCCCCC(=O)OC(COC(=O)CCCCCCCCCCCCCCCCCCCCCCC)COP(=O)(O)OCC(O)CO. The van der Waals surface area contributed by atoms with Gasteiger partial charge < -0.3 is 24.6 Å². The van der Waals surface area contributed by atoms with Gasteiger partial charge in [-0.1, -0.05) is 290 Å². The topological polar surface area (TPSA) is 149 Å². The highest BCUT2D eigenvalue weighted by Crippen LogP contribution is 2.43. The fourth-order valence-corrected chi connectivity index (χ4v) is 9.79. The molecule has 68 heavy (non-hydrogen) atoms. The molecule has 3 N–H and O–H groups in total. The van der Waals surface area contributed by atoms with Gasteiger partial charge in [-0.2, -0.15) is 0 Å². The molecule has 11 heteroatoms. The Balaban J connectivity index is 4.03. The van der Waals surface area contributed by atoms with Crippen LogP contribution in [0.5, 0.6) is 0 Å². The Labute approximate surface area is 420 Å². The Morgan fingerprint density at radius 2 is 0.632 bits per heavy atom. The molecule has 0 radical (unpaired) electrons. The number of hydrogen-bond donors (Lipinski definition) is 3. The predicted octanol–water partition coefficient (Wildman–Crippen LogP) is 17.3. The zero-order valence-corrected chi connectivity index (χ0v) is 45.8. The molecule has 0 aliphatic carbocycles. The quantitative estimate of drug-likeness (QED) is 0.0305. The van der Waals surface area contributed by atoms with Gasteiger partial charge >= 0.3 is 19.8 Å². The van der Waals surface area contributed by atoms with Crippen LogP contribution in [0.1, 0.15) is 316 Å². The number of aliphatic hydroxyl groups is 2. The van der Waals surface area contributed by atoms with Gasteiger partial charge in [0.25, 0.3) is 0 Å². The van der Waals surface area contributed by atoms with Crippen molar-refractivity contribution in [3.8, 4) is 0 Å². The van der Waals surface area contributed by atoms with Crippen molar-refractivity contribution in [2.45, 2.75) is 328 Å². The van der Waals surface area contributed by atoms with Crippen molar-refractivity contribution in [2.24, 2.45) is 0 Å². The molecule has 0 fully saturated rings. The lowest BCUT2D eigenvalue weighted by Crippen LogP contribution is -2.29. The molecule has 3 atom stereocenters. The number of phosphoric acid groups is 1. The molecule has 0 saturated heterocycles. The summed E-state index contributed by atoms with van der Waals surface area (Å²) in [5.74, 6) is -0.898. The van der Waals surface area contributed by atoms with E-state index in [1.54, 1.807) is 0 Å². The summed E-state index contributed by atoms with van der Waals surface area (Å²) in [6, 6.07) is 0. The largest absolute Gasteiger partial charge is 0.472 e. The summed E-state index contributed by atoms with van der Waals surface area (Å²) in [5.41, 5.74) is 0. The second kappa shape index (κ2) is 53.8. The third kappa shape index (κ3) is 52.8. The van der Waals surface area contributed by atoms with Crippen LogP contribution < -0.4 is 0 Å². The first-order valence-corrected chi connectivity index (χ1v) is 31.0. The summed E-state index contributed by atoms with van der Waals surface area (Å²) in [5, 5.41) is 18.5. The second-order valence-electron chi connectivity index (χ2n) is 20.4. The van der Waals surface area contributed by atoms with E-state index in [0.29, 0.717) is 12.8 Å². The van der Waals surface area contributed by atoms with E-state index < -0.39 is 51.8 Å². The molecule has 406 valence electrons. The number of phosphoric ester groups is 1. The number of carbonyl (C=O) groups is 2. The van der Waals surface area contributed by atoms with Gasteiger partial charge in [0.2, 0.25) is 0 Å². The van der Waals surface area contributed by atoms with Gasteiger partial charge in [-0.3, -0.25) is 18.6 Å². The van der Waals surface area contributed by atoms with Crippen molar-refractivity contribution >= 4 is 19.8 Å². The van der Waals surface area contributed by atoms with Gasteiger partial charge in [0.05, 0.1) is 19.8 Å². The van der Waals surface area contributed by atoms with Crippen LogP contribution in [-0.4, -0.2) is 65.7 Å². The Kier molecular flexibility index (Phi) is 52.9. The van der Waals surface area contributed by atoms with E-state index in [1.807, 2.05) is 0 Å². The van der Waals surface area contributed by atoms with Crippen molar-refractivity contribution in [1.29, 1.82) is 0 Å². The molecule has 0 aromatic carbocycles. The van der Waals surface area contributed by atoms with Gasteiger partial charge in [0.15, 0.2) is 6.10 Å². The van der Waals surface area contributed by atoms with Crippen LogP contribution in [0.4, 0.5) is 0 Å². The average Bonchev–Trinajstić information content (AvgIpc) is 3.33. The molecule has 0 aromatic heterocycles. The van der Waals surface area contributed by atoms with Gasteiger partial charge in [-0.15, -0.1) is 0 Å². The van der Waals surface area contributed by atoms with Crippen molar-refractivity contribution in [1.82, 2.24) is 0 Å². The number of esters is 2. The van der Waals surface area contributed by atoms with Crippen molar-refractivity contribution < 1.29 is 47.8 Å². The molecular weight excluding hydrogens is 876 g/mol. The monoisotopic (exact) mass is 989 g/mol. The van der Waals surface area contributed by atoms with Crippen LogP contribution in [0.15, 0.2) is 0 Å². The minimum Gasteiger partial charge on any atom is -0.462 e. The first kappa shape index (κ1) is 67.0. The van der Waals surface area contributed by atoms with Crippen molar-refractivity contribution in [3.63, 3.8) is 0 Å². The molecule has 10 nitrogen and oxygen atoms in total. The van der Waals surface area contributed by atoms with E-state index in [-0.39, 0.29) is 19.4 Å². The Hall–Kier alpha value is -1.03. The van der Waals surface area contributed by atoms with Crippen LogP contribution in [0.2, 0.25) is 0 Å². The van der Waals surface area contributed by atoms with Gasteiger partial charge in [-0.25, -0.2) is 4.57 Å². The molecule has 0 bridgehead atoms. The Morgan fingerprint density at radius 3 is 0.912 bits per heavy atom. The second-order valence-corrected chi connectivity index (χ2v) is 21.8. The van der Waals surface area contributed by atoms with Crippen LogP contribution in [0, 0.1) is 0 Å². The van der Waals surface area contributed by atoms with Gasteiger partial charge in [0, 0.05) is 12.8 Å². The molecule has 0 aromatic rings. The number of ether oxygens (including phenoxy) is 2. The molecule has 0 amide bonds. The molecule has 0 heterocycles. The summed E-state index contributed by atoms with van der Waals surface area (Å²) < 4.78 is 33.0. The van der Waals surface area contributed by atoms with E-state index in [2.05, 4.69) is 13.8 Å². The van der Waals surface area contributed by atoms with Crippen LogP contribution in [-0.2, 0) is 32.7 Å². The van der Waals surface area contributed by atoms with E-state index >= 15 is 0 Å². The highest BCUT2D eigenvalue weighted by Gasteiger charge is 2.27. The normalized spacial score (nSPS) is 13.4. The number of unbranched alkanes of at least 4 members (excludes halogenated alkanes) is 43. The maximum atomic E-state index is 12.7. The summed E-state index contributed by atoms with van der Waals surface area (Å²) in [7, 11) is -4.62. The number of aliphatic hydroxyl groups excluding tert-OH is 2. The average molecular weight is 989 g/mol. The van der Waals surface area contributed by atoms with E-state index in [0.717, 1.165) is 32.1 Å². The Bertz CT molecular complexity index is 1090. The zero-order chi connectivity index (χ0) is 49.7. The predicted molar refractivity (Wildman–Crippen MR) is 284 cm³/mol. The van der Waals surface area contributed by atoms with Gasteiger partial charge in [0.1, 0.15) is 12.7 Å². The number of carbonyl (C=O) groups excluding carboxylic acids is 2. The standard InChI is InChI=1S/C57H113O10P/c1-3-5-7-9-11-13-15-17-19-21-23-25-26-27-29-31-33-35-37-39-41-43-45-47-49-57(61)67-55(53-66-68(62,63)65-51-54(59)50-58)52-64-56(60)48-46-44-42-40-38-36-34-32-30-28-24-22-20-18-16-14-12-10-8-6-4-2/h54-55,58-59H,3-53H2,1-2H3,(H,62,63).